The quantitative estimate of drug-likeness (QED) is 0.784. The summed E-state index contributed by atoms with van der Waals surface area (Å²) in [5.41, 5.74) is 5.60. The topological polar surface area (TPSA) is 81.2 Å². The van der Waals surface area contributed by atoms with Gasteiger partial charge in [0.1, 0.15) is 4.90 Å². The number of sulfonamides is 1. The molecule has 0 radical (unpaired) electrons. The van der Waals surface area contributed by atoms with Gasteiger partial charge in [-0.3, -0.25) is 4.68 Å². The highest BCUT2D eigenvalue weighted by molar-refractivity contribution is 7.89. The number of nitrogens with zero attached hydrogens (tertiary/aromatic N) is 3. The lowest BCUT2D eigenvalue weighted by Gasteiger charge is -2.23. The Kier molecular flexibility index (Phi) is 3.94. The zero-order valence-electron chi connectivity index (χ0n) is 10.3. The van der Waals surface area contributed by atoms with Crippen molar-refractivity contribution in [1.29, 1.82) is 0 Å². The van der Waals surface area contributed by atoms with Crippen LogP contribution in [0.1, 0.15) is 13.8 Å². The fourth-order valence-corrected chi connectivity index (χ4v) is 3.22. The minimum atomic E-state index is -3.62. The van der Waals surface area contributed by atoms with Crippen LogP contribution in [0.2, 0.25) is 0 Å². The molecule has 0 atom stereocenters. The number of aromatic nitrogens is 2. The molecule has 0 aromatic carbocycles. The molecular weight excluding hydrogens is 240 g/mol. The molecule has 6 nitrogen and oxygen atoms in total. The predicted octanol–water partition coefficient (Wildman–Crippen LogP) is 0.587. The normalized spacial score (nSPS) is 12.3. The van der Waals surface area contributed by atoms with Crippen LogP contribution in [-0.2, 0) is 17.1 Å². The third kappa shape index (κ3) is 2.67. The number of aryl methyl sites for hydroxylation is 1. The molecule has 1 rings (SSSR count). The standard InChI is InChI=1S/C10H18N4O2S/c1-5-6-14(8(2)3)17(15,16)9-7-13(4)12-10(9)11/h5,7-8H,1,6H2,2-4H3,(H2,11,12). The van der Waals surface area contributed by atoms with E-state index >= 15 is 0 Å². The van der Waals surface area contributed by atoms with Gasteiger partial charge in [0.05, 0.1) is 0 Å². The minimum Gasteiger partial charge on any atom is -0.381 e. The van der Waals surface area contributed by atoms with Crippen molar-refractivity contribution in [3.8, 4) is 0 Å². The maximum atomic E-state index is 12.3. The SMILES string of the molecule is C=CCN(C(C)C)S(=O)(=O)c1cn(C)nc1N. The summed E-state index contributed by atoms with van der Waals surface area (Å²) in [6.07, 6.45) is 2.95. The zero-order valence-corrected chi connectivity index (χ0v) is 11.1. The number of hydrogen-bond donors (Lipinski definition) is 1. The number of nitrogen functional groups attached to an aromatic ring is 1. The van der Waals surface area contributed by atoms with Crippen molar-refractivity contribution in [2.45, 2.75) is 24.8 Å². The third-order valence-corrected chi connectivity index (χ3v) is 4.35. The lowest BCUT2D eigenvalue weighted by molar-refractivity contribution is 0.383. The van der Waals surface area contributed by atoms with Gasteiger partial charge in [-0.1, -0.05) is 6.08 Å². The van der Waals surface area contributed by atoms with Crippen LogP contribution in [0.4, 0.5) is 5.82 Å². The molecule has 17 heavy (non-hydrogen) atoms. The summed E-state index contributed by atoms with van der Waals surface area (Å²) in [4.78, 5) is 0.0375. The van der Waals surface area contributed by atoms with E-state index in [9.17, 15) is 8.42 Å². The third-order valence-electron chi connectivity index (χ3n) is 2.29. The molecule has 0 spiro atoms. The Morgan fingerprint density at radius 3 is 2.59 bits per heavy atom. The van der Waals surface area contributed by atoms with Crippen LogP contribution < -0.4 is 5.73 Å². The Morgan fingerprint density at radius 1 is 1.65 bits per heavy atom. The van der Waals surface area contributed by atoms with Crippen LogP contribution in [0.3, 0.4) is 0 Å². The van der Waals surface area contributed by atoms with Crippen LogP contribution in [0.25, 0.3) is 0 Å². The second-order valence-electron chi connectivity index (χ2n) is 4.01. The molecule has 2 N–H and O–H groups in total. The van der Waals surface area contributed by atoms with E-state index in [-0.39, 0.29) is 23.3 Å². The molecule has 0 aliphatic carbocycles. The molecule has 0 unspecified atom stereocenters. The predicted molar refractivity (Wildman–Crippen MR) is 66.8 cm³/mol. The van der Waals surface area contributed by atoms with Gasteiger partial charge in [0, 0.05) is 25.8 Å². The van der Waals surface area contributed by atoms with Crippen LogP contribution in [-0.4, -0.2) is 35.1 Å². The van der Waals surface area contributed by atoms with Crippen molar-refractivity contribution in [2.75, 3.05) is 12.3 Å². The summed E-state index contributed by atoms with van der Waals surface area (Å²) in [6, 6.07) is -0.169. The second kappa shape index (κ2) is 4.89. The van der Waals surface area contributed by atoms with Gasteiger partial charge in [-0.15, -0.1) is 6.58 Å². The van der Waals surface area contributed by atoms with E-state index in [0.717, 1.165) is 0 Å². The summed E-state index contributed by atoms with van der Waals surface area (Å²) < 4.78 is 27.4. The molecule has 1 heterocycles. The molecule has 0 bridgehead atoms. The fourth-order valence-electron chi connectivity index (χ4n) is 1.52. The molecule has 0 fully saturated rings. The van der Waals surface area contributed by atoms with E-state index in [0.29, 0.717) is 0 Å². The summed E-state index contributed by atoms with van der Waals surface area (Å²) in [5.74, 6) is 0.0159. The van der Waals surface area contributed by atoms with Gasteiger partial charge in [-0.25, -0.2) is 8.42 Å². The van der Waals surface area contributed by atoms with Crippen molar-refractivity contribution in [1.82, 2.24) is 14.1 Å². The maximum Gasteiger partial charge on any atom is 0.248 e. The van der Waals surface area contributed by atoms with Gasteiger partial charge in [0.2, 0.25) is 10.0 Å². The van der Waals surface area contributed by atoms with Crippen LogP contribution >= 0.6 is 0 Å². The zero-order chi connectivity index (χ0) is 13.2. The largest absolute Gasteiger partial charge is 0.381 e. The molecular formula is C10H18N4O2S. The van der Waals surface area contributed by atoms with E-state index in [4.69, 9.17) is 5.73 Å². The van der Waals surface area contributed by atoms with E-state index in [1.807, 2.05) is 0 Å². The van der Waals surface area contributed by atoms with Crippen LogP contribution in [0, 0.1) is 0 Å². The average molecular weight is 258 g/mol. The van der Waals surface area contributed by atoms with Gasteiger partial charge in [-0.05, 0) is 13.8 Å². The molecule has 0 saturated heterocycles. The Labute approximate surface area is 102 Å². The first-order chi connectivity index (χ1) is 7.80. The summed E-state index contributed by atoms with van der Waals surface area (Å²) in [5, 5.41) is 3.84. The lowest BCUT2D eigenvalue weighted by Crippen LogP contribution is -2.37. The highest BCUT2D eigenvalue weighted by Crippen LogP contribution is 2.22. The van der Waals surface area contributed by atoms with E-state index in [1.54, 1.807) is 27.0 Å². The monoisotopic (exact) mass is 258 g/mol. The Bertz CT molecular complexity index is 504. The van der Waals surface area contributed by atoms with E-state index < -0.39 is 10.0 Å². The highest BCUT2D eigenvalue weighted by Gasteiger charge is 2.29. The van der Waals surface area contributed by atoms with Gasteiger partial charge in [-0.2, -0.15) is 9.40 Å². The van der Waals surface area contributed by atoms with Crippen LogP contribution in [0.15, 0.2) is 23.7 Å². The molecule has 0 amide bonds. The molecule has 96 valence electrons. The number of rotatable bonds is 5. The van der Waals surface area contributed by atoms with Gasteiger partial charge in [0.15, 0.2) is 5.82 Å². The Balaban J connectivity index is 3.25. The number of anilines is 1. The Morgan fingerprint density at radius 2 is 2.24 bits per heavy atom. The average Bonchev–Trinajstić information content (AvgIpc) is 2.54. The van der Waals surface area contributed by atoms with Crippen molar-refractivity contribution in [3.63, 3.8) is 0 Å². The smallest absolute Gasteiger partial charge is 0.248 e. The first-order valence-corrected chi connectivity index (χ1v) is 6.66. The molecule has 0 saturated carbocycles. The Hall–Kier alpha value is -1.34. The first kappa shape index (κ1) is 13.7. The minimum absolute atomic E-state index is 0.0159. The number of hydrogen-bond acceptors (Lipinski definition) is 4. The summed E-state index contributed by atoms with van der Waals surface area (Å²) in [7, 11) is -1.99. The molecule has 0 aliphatic heterocycles. The molecule has 1 aromatic heterocycles. The van der Waals surface area contributed by atoms with Gasteiger partial charge < -0.3 is 5.73 Å². The van der Waals surface area contributed by atoms with Crippen LogP contribution in [0.5, 0.6) is 0 Å². The first-order valence-electron chi connectivity index (χ1n) is 5.22. The fraction of sp³-hybridized carbons (Fsp3) is 0.500. The van der Waals surface area contributed by atoms with Gasteiger partial charge in [0.25, 0.3) is 0 Å². The second-order valence-corrected chi connectivity index (χ2v) is 5.87. The molecule has 1 aromatic rings. The van der Waals surface area contributed by atoms with E-state index in [1.165, 1.54) is 15.2 Å². The number of nitrogens with two attached hydrogens (primary N) is 1. The lowest BCUT2D eigenvalue weighted by atomic mass is 10.4. The summed E-state index contributed by atoms with van der Waals surface area (Å²) in [6.45, 7) is 7.40. The maximum absolute atomic E-state index is 12.3. The van der Waals surface area contributed by atoms with Crippen molar-refractivity contribution in [2.24, 2.45) is 7.05 Å². The van der Waals surface area contributed by atoms with Crippen molar-refractivity contribution >= 4 is 15.8 Å². The van der Waals surface area contributed by atoms with Crippen molar-refractivity contribution in [3.05, 3.63) is 18.9 Å². The van der Waals surface area contributed by atoms with Gasteiger partial charge >= 0.3 is 0 Å². The molecule has 0 aliphatic rings. The van der Waals surface area contributed by atoms with E-state index in [2.05, 4.69) is 11.7 Å². The summed E-state index contributed by atoms with van der Waals surface area (Å²) >= 11 is 0. The molecule has 7 heteroatoms. The highest BCUT2D eigenvalue weighted by atomic mass is 32.2. The van der Waals surface area contributed by atoms with Crippen molar-refractivity contribution < 1.29 is 8.42 Å².